The van der Waals surface area contributed by atoms with E-state index in [0.29, 0.717) is 42.6 Å². The molecule has 2 aromatic carbocycles. The predicted molar refractivity (Wildman–Crippen MR) is 87.3 cm³/mol. The molecule has 0 bridgehead atoms. The van der Waals surface area contributed by atoms with Crippen molar-refractivity contribution in [2.24, 2.45) is 0 Å². The van der Waals surface area contributed by atoms with Crippen LogP contribution in [0.5, 0.6) is 17.2 Å². The summed E-state index contributed by atoms with van der Waals surface area (Å²) in [5, 5.41) is 11.4. The number of carbonyl (C=O) groups is 1. The van der Waals surface area contributed by atoms with Gasteiger partial charge in [0.15, 0.2) is 18.1 Å². The van der Waals surface area contributed by atoms with Gasteiger partial charge in [-0.15, -0.1) is 0 Å². The number of hydrogen-bond acceptors (Lipinski definition) is 5. The van der Waals surface area contributed by atoms with Gasteiger partial charge in [0.05, 0.1) is 12.5 Å². The van der Waals surface area contributed by atoms with Crippen LogP contribution in [0.25, 0.3) is 0 Å². The molecule has 0 atom stereocenters. The van der Waals surface area contributed by atoms with Crippen molar-refractivity contribution in [1.82, 2.24) is 0 Å². The first-order chi connectivity index (χ1) is 11.7. The lowest BCUT2D eigenvalue weighted by Crippen LogP contribution is -2.20. The molecule has 6 heteroatoms. The standard InChI is InChI=1S/C18H16N2O4/c19-8-7-13-1-4-15(5-2-13)24-12-18(21)20-14-3-6-16-17(11-14)23-10-9-22-16/h1-6,11H,7,9-10,12H2,(H,20,21). The van der Waals surface area contributed by atoms with Gasteiger partial charge in [-0.05, 0) is 29.8 Å². The largest absolute Gasteiger partial charge is 0.486 e. The normalized spacial score (nSPS) is 12.1. The molecule has 0 spiro atoms. The molecule has 1 aliphatic heterocycles. The van der Waals surface area contributed by atoms with Gasteiger partial charge in [0.2, 0.25) is 0 Å². The molecule has 0 saturated carbocycles. The lowest BCUT2D eigenvalue weighted by molar-refractivity contribution is -0.118. The second-order valence-electron chi connectivity index (χ2n) is 5.17. The first-order valence-corrected chi connectivity index (χ1v) is 7.53. The number of rotatable bonds is 5. The molecular formula is C18H16N2O4. The van der Waals surface area contributed by atoms with Crippen molar-refractivity contribution in [1.29, 1.82) is 5.26 Å². The average Bonchev–Trinajstić information content (AvgIpc) is 2.61. The van der Waals surface area contributed by atoms with Crippen LogP contribution in [0.3, 0.4) is 0 Å². The molecule has 24 heavy (non-hydrogen) atoms. The second kappa shape index (κ2) is 7.38. The van der Waals surface area contributed by atoms with Crippen LogP contribution in [0, 0.1) is 11.3 Å². The summed E-state index contributed by atoms with van der Waals surface area (Å²) in [5.41, 5.74) is 1.53. The SMILES string of the molecule is N#CCc1ccc(OCC(=O)Nc2ccc3c(c2)OCCO3)cc1. The smallest absolute Gasteiger partial charge is 0.262 e. The molecule has 0 radical (unpaired) electrons. The van der Waals surface area contributed by atoms with Gasteiger partial charge in [0.25, 0.3) is 5.91 Å². The van der Waals surface area contributed by atoms with E-state index in [2.05, 4.69) is 11.4 Å². The van der Waals surface area contributed by atoms with Crippen molar-refractivity contribution in [3.63, 3.8) is 0 Å². The number of anilines is 1. The number of amides is 1. The molecular weight excluding hydrogens is 308 g/mol. The van der Waals surface area contributed by atoms with E-state index in [-0.39, 0.29) is 12.5 Å². The fourth-order valence-electron chi connectivity index (χ4n) is 2.26. The Morgan fingerprint density at radius 2 is 1.88 bits per heavy atom. The number of hydrogen-bond donors (Lipinski definition) is 1. The van der Waals surface area contributed by atoms with E-state index in [1.807, 2.05) is 0 Å². The number of nitrogens with one attached hydrogen (secondary N) is 1. The monoisotopic (exact) mass is 324 g/mol. The van der Waals surface area contributed by atoms with Gasteiger partial charge in [0.1, 0.15) is 19.0 Å². The summed E-state index contributed by atoms with van der Waals surface area (Å²) in [7, 11) is 0. The number of benzene rings is 2. The van der Waals surface area contributed by atoms with Crippen LogP contribution in [0.2, 0.25) is 0 Å². The highest BCUT2D eigenvalue weighted by atomic mass is 16.6. The molecule has 0 saturated heterocycles. The number of nitrogens with zero attached hydrogens (tertiary/aromatic N) is 1. The summed E-state index contributed by atoms with van der Waals surface area (Å²) in [5.74, 6) is 1.60. The second-order valence-corrected chi connectivity index (χ2v) is 5.17. The molecule has 0 aromatic heterocycles. The van der Waals surface area contributed by atoms with Gasteiger partial charge in [-0.3, -0.25) is 4.79 Å². The number of ether oxygens (including phenoxy) is 3. The fourth-order valence-corrected chi connectivity index (χ4v) is 2.26. The van der Waals surface area contributed by atoms with E-state index in [0.717, 1.165) is 5.56 Å². The van der Waals surface area contributed by atoms with Gasteiger partial charge >= 0.3 is 0 Å². The van der Waals surface area contributed by atoms with Crippen molar-refractivity contribution in [2.45, 2.75) is 6.42 Å². The van der Waals surface area contributed by atoms with Crippen LogP contribution in [0.15, 0.2) is 42.5 Å². The van der Waals surface area contributed by atoms with Crippen molar-refractivity contribution in [3.8, 4) is 23.3 Å². The Bertz CT molecular complexity index is 766. The third kappa shape index (κ3) is 3.96. The molecule has 1 heterocycles. The van der Waals surface area contributed by atoms with E-state index in [1.165, 1.54) is 0 Å². The fraction of sp³-hybridized carbons (Fsp3) is 0.222. The lowest BCUT2D eigenvalue weighted by Gasteiger charge is -2.19. The highest BCUT2D eigenvalue weighted by molar-refractivity contribution is 5.92. The van der Waals surface area contributed by atoms with Crippen LogP contribution < -0.4 is 19.5 Å². The number of nitriles is 1. The zero-order chi connectivity index (χ0) is 16.8. The molecule has 122 valence electrons. The Morgan fingerprint density at radius 3 is 2.62 bits per heavy atom. The topological polar surface area (TPSA) is 80.6 Å². The molecule has 0 fully saturated rings. The van der Waals surface area contributed by atoms with E-state index < -0.39 is 0 Å². The summed E-state index contributed by atoms with van der Waals surface area (Å²) in [6.07, 6.45) is 0.352. The van der Waals surface area contributed by atoms with E-state index in [9.17, 15) is 4.79 Å². The number of fused-ring (bicyclic) bond motifs is 1. The van der Waals surface area contributed by atoms with Crippen LogP contribution in [0.1, 0.15) is 5.56 Å². The van der Waals surface area contributed by atoms with Gasteiger partial charge in [-0.25, -0.2) is 0 Å². The van der Waals surface area contributed by atoms with Crippen LogP contribution in [-0.4, -0.2) is 25.7 Å². The van der Waals surface area contributed by atoms with E-state index >= 15 is 0 Å². The minimum atomic E-state index is -0.271. The quantitative estimate of drug-likeness (QED) is 0.914. The summed E-state index contributed by atoms with van der Waals surface area (Å²) in [6, 6.07) is 14.4. The summed E-state index contributed by atoms with van der Waals surface area (Å²) < 4.78 is 16.3. The zero-order valence-corrected chi connectivity index (χ0v) is 13.0. The van der Waals surface area contributed by atoms with Crippen LogP contribution in [-0.2, 0) is 11.2 Å². The van der Waals surface area contributed by atoms with Crippen molar-refractivity contribution in [2.75, 3.05) is 25.1 Å². The molecule has 2 aromatic rings. The predicted octanol–water partition coefficient (Wildman–Crippen LogP) is 2.54. The first kappa shape index (κ1) is 15.7. The lowest BCUT2D eigenvalue weighted by atomic mass is 10.2. The third-order valence-corrected chi connectivity index (χ3v) is 3.40. The Kier molecular flexibility index (Phi) is 4.82. The molecule has 1 N–H and O–H groups in total. The Hall–Kier alpha value is -3.20. The Morgan fingerprint density at radius 1 is 1.12 bits per heavy atom. The maximum absolute atomic E-state index is 12.0. The molecule has 1 aliphatic rings. The van der Waals surface area contributed by atoms with E-state index in [1.54, 1.807) is 42.5 Å². The van der Waals surface area contributed by atoms with Crippen molar-refractivity contribution >= 4 is 11.6 Å². The van der Waals surface area contributed by atoms with Gasteiger partial charge in [0, 0.05) is 11.8 Å². The number of carbonyl (C=O) groups excluding carboxylic acids is 1. The Labute approximate surface area is 139 Å². The third-order valence-electron chi connectivity index (χ3n) is 3.40. The summed E-state index contributed by atoms with van der Waals surface area (Å²) >= 11 is 0. The molecule has 1 amide bonds. The minimum Gasteiger partial charge on any atom is -0.486 e. The summed E-state index contributed by atoms with van der Waals surface area (Å²) in [6.45, 7) is 0.918. The van der Waals surface area contributed by atoms with Crippen molar-refractivity contribution in [3.05, 3.63) is 48.0 Å². The zero-order valence-electron chi connectivity index (χ0n) is 13.0. The van der Waals surface area contributed by atoms with Gasteiger partial charge in [-0.2, -0.15) is 5.26 Å². The van der Waals surface area contributed by atoms with E-state index in [4.69, 9.17) is 19.5 Å². The van der Waals surface area contributed by atoms with Crippen LogP contribution >= 0.6 is 0 Å². The highest BCUT2D eigenvalue weighted by Crippen LogP contribution is 2.32. The minimum absolute atomic E-state index is 0.105. The average molecular weight is 324 g/mol. The van der Waals surface area contributed by atoms with Crippen LogP contribution in [0.4, 0.5) is 5.69 Å². The maximum Gasteiger partial charge on any atom is 0.262 e. The maximum atomic E-state index is 12.0. The van der Waals surface area contributed by atoms with Gasteiger partial charge in [-0.1, -0.05) is 12.1 Å². The highest BCUT2D eigenvalue weighted by Gasteiger charge is 2.13. The molecule has 0 aliphatic carbocycles. The van der Waals surface area contributed by atoms with Crippen molar-refractivity contribution < 1.29 is 19.0 Å². The molecule has 3 rings (SSSR count). The first-order valence-electron chi connectivity index (χ1n) is 7.53. The molecule has 6 nitrogen and oxygen atoms in total. The molecule has 0 unspecified atom stereocenters. The summed E-state index contributed by atoms with van der Waals surface area (Å²) in [4.78, 5) is 12.0. The van der Waals surface area contributed by atoms with Gasteiger partial charge < -0.3 is 19.5 Å². The Balaban J connectivity index is 1.53.